The molecule has 0 bridgehead atoms. The maximum atomic E-state index is 11.9. The Morgan fingerprint density at radius 3 is 2.41 bits per heavy atom. The van der Waals surface area contributed by atoms with Crippen LogP contribution in [-0.2, 0) is 14.3 Å². The van der Waals surface area contributed by atoms with Crippen LogP contribution in [0.5, 0.6) is 0 Å². The minimum absolute atomic E-state index is 0.100. The number of nitrogens with zero attached hydrogens (tertiary/aromatic N) is 2. The number of piperidine rings is 1. The zero-order valence-electron chi connectivity index (χ0n) is 10.9. The van der Waals surface area contributed by atoms with E-state index in [1.165, 1.54) is 7.11 Å². The summed E-state index contributed by atoms with van der Waals surface area (Å²) in [5.74, 6) is 0.503. The number of amides is 1. The molecule has 1 heterocycles. The predicted octanol–water partition coefficient (Wildman–Crippen LogP) is 0.350. The SMILES string of the molecule is COC(=O)CN(C)CC(=O)N1CCC(C)CC1. The first-order chi connectivity index (χ1) is 8.02. The summed E-state index contributed by atoms with van der Waals surface area (Å²) in [6.07, 6.45) is 2.15. The lowest BCUT2D eigenvalue weighted by Crippen LogP contribution is -2.44. The van der Waals surface area contributed by atoms with Crippen molar-refractivity contribution in [3.05, 3.63) is 0 Å². The molecule has 0 aromatic heterocycles. The molecule has 0 aromatic carbocycles. The van der Waals surface area contributed by atoms with E-state index in [1.807, 2.05) is 4.90 Å². The number of esters is 1. The van der Waals surface area contributed by atoms with Crippen molar-refractivity contribution in [2.24, 2.45) is 5.92 Å². The Hall–Kier alpha value is -1.10. The number of carbonyl (C=O) groups excluding carboxylic acids is 2. The van der Waals surface area contributed by atoms with Crippen molar-refractivity contribution in [2.75, 3.05) is 40.3 Å². The molecule has 0 atom stereocenters. The van der Waals surface area contributed by atoms with Crippen LogP contribution in [0.25, 0.3) is 0 Å². The lowest BCUT2D eigenvalue weighted by Gasteiger charge is -2.31. The second-order valence-corrected chi connectivity index (χ2v) is 4.81. The van der Waals surface area contributed by atoms with E-state index in [4.69, 9.17) is 0 Å². The highest BCUT2D eigenvalue weighted by molar-refractivity contribution is 5.79. The van der Waals surface area contributed by atoms with E-state index < -0.39 is 0 Å². The monoisotopic (exact) mass is 242 g/mol. The average molecular weight is 242 g/mol. The van der Waals surface area contributed by atoms with Gasteiger partial charge in [0.1, 0.15) is 0 Å². The molecule has 0 radical (unpaired) electrons. The third kappa shape index (κ3) is 4.73. The topological polar surface area (TPSA) is 49.9 Å². The maximum absolute atomic E-state index is 11.9. The molecule has 0 spiro atoms. The smallest absolute Gasteiger partial charge is 0.319 e. The van der Waals surface area contributed by atoms with Crippen LogP contribution in [0, 0.1) is 5.92 Å². The summed E-state index contributed by atoms with van der Waals surface area (Å²) in [6.45, 7) is 4.33. The van der Waals surface area contributed by atoms with E-state index in [2.05, 4.69) is 11.7 Å². The van der Waals surface area contributed by atoms with Gasteiger partial charge in [0.15, 0.2) is 0 Å². The molecule has 1 fully saturated rings. The lowest BCUT2D eigenvalue weighted by molar-refractivity contribution is -0.142. The quantitative estimate of drug-likeness (QED) is 0.667. The van der Waals surface area contributed by atoms with Crippen LogP contribution >= 0.6 is 0 Å². The fourth-order valence-corrected chi connectivity index (χ4v) is 1.93. The fraction of sp³-hybridized carbons (Fsp3) is 0.833. The summed E-state index contributed by atoms with van der Waals surface area (Å²) in [5, 5.41) is 0. The van der Waals surface area contributed by atoms with Gasteiger partial charge in [-0.1, -0.05) is 6.92 Å². The van der Waals surface area contributed by atoms with Crippen molar-refractivity contribution in [1.82, 2.24) is 9.80 Å². The minimum atomic E-state index is -0.312. The van der Waals surface area contributed by atoms with E-state index in [-0.39, 0.29) is 25.0 Å². The van der Waals surface area contributed by atoms with Gasteiger partial charge in [-0.05, 0) is 25.8 Å². The largest absolute Gasteiger partial charge is 0.468 e. The molecule has 17 heavy (non-hydrogen) atoms. The van der Waals surface area contributed by atoms with Gasteiger partial charge < -0.3 is 9.64 Å². The Labute approximate surface area is 103 Å². The highest BCUT2D eigenvalue weighted by Gasteiger charge is 2.21. The summed E-state index contributed by atoms with van der Waals surface area (Å²) in [6, 6.07) is 0. The van der Waals surface area contributed by atoms with Gasteiger partial charge in [0.2, 0.25) is 5.91 Å². The molecule has 1 aliphatic rings. The van der Waals surface area contributed by atoms with E-state index in [0.717, 1.165) is 25.9 Å². The number of rotatable bonds is 4. The number of carbonyl (C=O) groups is 2. The van der Waals surface area contributed by atoms with Gasteiger partial charge in [0.05, 0.1) is 20.2 Å². The molecule has 0 aliphatic carbocycles. The average Bonchev–Trinajstić information content (AvgIpc) is 2.29. The number of ether oxygens (including phenoxy) is 1. The molecule has 1 amide bonds. The molecule has 1 aliphatic heterocycles. The third-order valence-corrected chi connectivity index (χ3v) is 3.17. The van der Waals surface area contributed by atoms with Gasteiger partial charge >= 0.3 is 5.97 Å². The Morgan fingerprint density at radius 1 is 1.29 bits per heavy atom. The first-order valence-electron chi connectivity index (χ1n) is 6.06. The molecule has 0 N–H and O–H groups in total. The number of hydrogen-bond donors (Lipinski definition) is 0. The van der Waals surface area contributed by atoms with Crippen LogP contribution in [0.15, 0.2) is 0 Å². The van der Waals surface area contributed by atoms with Crippen molar-refractivity contribution >= 4 is 11.9 Å². The van der Waals surface area contributed by atoms with Gasteiger partial charge in [-0.15, -0.1) is 0 Å². The van der Waals surface area contributed by atoms with Crippen LogP contribution in [0.4, 0.5) is 0 Å². The van der Waals surface area contributed by atoms with Crippen molar-refractivity contribution in [1.29, 1.82) is 0 Å². The molecular weight excluding hydrogens is 220 g/mol. The number of likely N-dealkylation sites (tertiary alicyclic amines) is 1. The van der Waals surface area contributed by atoms with Gasteiger partial charge in [0, 0.05) is 13.1 Å². The van der Waals surface area contributed by atoms with Gasteiger partial charge in [-0.3, -0.25) is 14.5 Å². The summed E-state index contributed by atoms with van der Waals surface area (Å²) >= 11 is 0. The Balaban J connectivity index is 2.31. The van der Waals surface area contributed by atoms with Crippen molar-refractivity contribution < 1.29 is 14.3 Å². The van der Waals surface area contributed by atoms with Crippen LogP contribution in [0.3, 0.4) is 0 Å². The van der Waals surface area contributed by atoms with Crippen LogP contribution in [0.2, 0.25) is 0 Å². The highest BCUT2D eigenvalue weighted by atomic mass is 16.5. The predicted molar refractivity (Wildman–Crippen MR) is 64.5 cm³/mol. The number of methoxy groups -OCH3 is 1. The molecule has 1 rings (SSSR count). The lowest BCUT2D eigenvalue weighted by atomic mass is 9.99. The highest BCUT2D eigenvalue weighted by Crippen LogP contribution is 2.15. The summed E-state index contributed by atoms with van der Waals surface area (Å²) in [5.41, 5.74) is 0. The fourth-order valence-electron chi connectivity index (χ4n) is 1.93. The molecular formula is C12H22N2O3. The first kappa shape index (κ1) is 14.0. The van der Waals surface area contributed by atoms with Gasteiger partial charge in [-0.25, -0.2) is 0 Å². The third-order valence-electron chi connectivity index (χ3n) is 3.17. The maximum Gasteiger partial charge on any atom is 0.319 e. The first-order valence-corrected chi connectivity index (χ1v) is 6.06. The second kappa shape index (κ2) is 6.59. The van der Waals surface area contributed by atoms with Crippen LogP contribution in [-0.4, -0.2) is 62.0 Å². The standard InChI is InChI=1S/C12H22N2O3/c1-10-4-6-14(7-5-10)11(15)8-13(2)9-12(16)17-3/h10H,4-9H2,1-3H3. The zero-order valence-corrected chi connectivity index (χ0v) is 10.9. The minimum Gasteiger partial charge on any atom is -0.468 e. The Bertz CT molecular complexity index is 273. The Morgan fingerprint density at radius 2 is 1.88 bits per heavy atom. The Kier molecular flexibility index (Phi) is 5.41. The zero-order chi connectivity index (χ0) is 12.8. The van der Waals surface area contributed by atoms with Crippen LogP contribution < -0.4 is 0 Å². The van der Waals surface area contributed by atoms with E-state index >= 15 is 0 Å². The summed E-state index contributed by atoms with van der Waals surface area (Å²) < 4.78 is 4.56. The number of hydrogen-bond acceptors (Lipinski definition) is 4. The van der Waals surface area contributed by atoms with Crippen molar-refractivity contribution in [2.45, 2.75) is 19.8 Å². The molecule has 0 saturated carbocycles. The normalized spacial score (nSPS) is 17.3. The number of likely N-dealkylation sites (N-methyl/N-ethyl adjacent to an activating group) is 1. The molecule has 1 saturated heterocycles. The van der Waals surface area contributed by atoms with E-state index in [1.54, 1.807) is 11.9 Å². The van der Waals surface area contributed by atoms with Gasteiger partial charge in [0.25, 0.3) is 0 Å². The van der Waals surface area contributed by atoms with Crippen molar-refractivity contribution in [3.63, 3.8) is 0 Å². The molecule has 5 heteroatoms. The van der Waals surface area contributed by atoms with Crippen LogP contribution in [0.1, 0.15) is 19.8 Å². The summed E-state index contributed by atoms with van der Waals surface area (Å²) in [7, 11) is 3.10. The molecule has 98 valence electrons. The molecule has 0 aromatic rings. The van der Waals surface area contributed by atoms with Gasteiger partial charge in [-0.2, -0.15) is 0 Å². The molecule has 0 unspecified atom stereocenters. The summed E-state index contributed by atoms with van der Waals surface area (Å²) in [4.78, 5) is 26.5. The van der Waals surface area contributed by atoms with E-state index in [0.29, 0.717) is 5.92 Å². The molecule has 5 nitrogen and oxygen atoms in total. The van der Waals surface area contributed by atoms with E-state index in [9.17, 15) is 9.59 Å². The van der Waals surface area contributed by atoms with Crippen molar-refractivity contribution in [3.8, 4) is 0 Å². The second-order valence-electron chi connectivity index (χ2n) is 4.81.